The fourth-order valence-corrected chi connectivity index (χ4v) is 4.96. The minimum Gasteiger partial charge on any atom is -0.390 e. The first-order valence-corrected chi connectivity index (χ1v) is 11.9. The van der Waals surface area contributed by atoms with Crippen molar-refractivity contribution in [3.05, 3.63) is 52.4 Å². The Labute approximate surface area is 206 Å². The van der Waals surface area contributed by atoms with E-state index in [0.717, 1.165) is 17.2 Å². The first-order valence-electron chi connectivity index (χ1n) is 11.5. The summed E-state index contributed by atoms with van der Waals surface area (Å²) in [5.74, 6) is 0.560. The molecule has 5 rings (SSSR count). The van der Waals surface area contributed by atoms with Gasteiger partial charge in [0, 0.05) is 25.3 Å². The van der Waals surface area contributed by atoms with E-state index in [9.17, 15) is 5.11 Å². The van der Waals surface area contributed by atoms with E-state index in [4.69, 9.17) is 16.3 Å². The third-order valence-corrected chi connectivity index (χ3v) is 6.51. The summed E-state index contributed by atoms with van der Waals surface area (Å²) in [6.07, 6.45) is 1.34. The van der Waals surface area contributed by atoms with Crippen molar-refractivity contribution in [2.45, 2.75) is 58.5 Å². The van der Waals surface area contributed by atoms with E-state index >= 15 is 4.39 Å². The van der Waals surface area contributed by atoms with Crippen molar-refractivity contribution in [1.82, 2.24) is 29.3 Å². The van der Waals surface area contributed by atoms with E-state index in [0.29, 0.717) is 46.9 Å². The maximum absolute atomic E-state index is 15.0. The highest BCUT2D eigenvalue weighted by Gasteiger charge is 2.31. The molecule has 0 aliphatic carbocycles. The SMILES string of the molecule is COCc1cc2n(n1)CC[C@@H](O)[C@@H]2Nc1ncc(Cl)c(-c2cc(F)c3nc(C)n(C(C)C)c3c2)n1. The van der Waals surface area contributed by atoms with Gasteiger partial charge in [-0.05, 0) is 45.4 Å². The summed E-state index contributed by atoms with van der Waals surface area (Å²) >= 11 is 6.46. The largest absolute Gasteiger partial charge is 0.390 e. The number of hydrogen-bond donors (Lipinski definition) is 2. The molecule has 35 heavy (non-hydrogen) atoms. The molecule has 9 nitrogen and oxygen atoms in total. The molecule has 0 unspecified atom stereocenters. The summed E-state index contributed by atoms with van der Waals surface area (Å²) in [5, 5.41) is 18.8. The fraction of sp³-hybridized carbons (Fsp3) is 0.417. The van der Waals surface area contributed by atoms with Crippen LogP contribution in [0.4, 0.5) is 10.3 Å². The molecule has 2 atom stereocenters. The first-order chi connectivity index (χ1) is 16.8. The molecule has 2 N–H and O–H groups in total. The Morgan fingerprint density at radius 2 is 2.09 bits per heavy atom. The first kappa shape index (κ1) is 23.7. The van der Waals surface area contributed by atoms with Crippen LogP contribution >= 0.6 is 11.6 Å². The molecular weight excluding hydrogens is 473 g/mol. The molecule has 0 bridgehead atoms. The summed E-state index contributed by atoms with van der Waals surface area (Å²) < 4.78 is 24.1. The number of benzene rings is 1. The second-order valence-corrected chi connectivity index (χ2v) is 9.44. The lowest BCUT2D eigenvalue weighted by atomic mass is 10.0. The molecule has 1 aliphatic rings. The van der Waals surface area contributed by atoms with E-state index < -0.39 is 18.0 Å². The number of nitrogens with one attached hydrogen (secondary N) is 1. The van der Waals surface area contributed by atoms with Crippen LogP contribution in [0.5, 0.6) is 0 Å². The van der Waals surface area contributed by atoms with Crippen LogP contribution in [0.2, 0.25) is 5.02 Å². The zero-order valence-electron chi connectivity index (χ0n) is 20.0. The number of hydrogen-bond acceptors (Lipinski definition) is 7. The molecule has 0 spiro atoms. The summed E-state index contributed by atoms with van der Waals surface area (Å²) in [7, 11) is 1.61. The second kappa shape index (κ2) is 9.18. The maximum atomic E-state index is 15.0. The van der Waals surface area contributed by atoms with Crippen molar-refractivity contribution >= 4 is 28.6 Å². The van der Waals surface area contributed by atoms with Crippen molar-refractivity contribution in [3.63, 3.8) is 0 Å². The predicted octanol–water partition coefficient (Wildman–Crippen LogP) is 4.44. The van der Waals surface area contributed by atoms with E-state index in [1.54, 1.807) is 7.11 Å². The van der Waals surface area contributed by atoms with E-state index in [2.05, 4.69) is 25.4 Å². The van der Waals surface area contributed by atoms with Crippen molar-refractivity contribution in [2.75, 3.05) is 12.4 Å². The van der Waals surface area contributed by atoms with Crippen molar-refractivity contribution < 1.29 is 14.2 Å². The summed E-state index contributed by atoms with van der Waals surface area (Å²) in [5.41, 5.74) is 3.49. The van der Waals surface area contributed by atoms with Gasteiger partial charge in [-0.1, -0.05) is 11.6 Å². The second-order valence-electron chi connectivity index (χ2n) is 9.03. The number of imidazole rings is 1. The average Bonchev–Trinajstić information content (AvgIpc) is 3.37. The Morgan fingerprint density at radius 1 is 1.29 bits per heavy atom. The lowest BCUT2D eigenvalue weighted by Crippen LogP contribution is -2.34. The van der Waals surface area contributed by atoms with Gasteiger partial charge >= 0.3 is 0 Å². The lowest BCUT2D eigenvalue weighted by Gasteiger charge is -2.29. The maximum Gasteiger partial charge on any atom is 0.223 e. The molecule has 0 amide bonds. The molecule has 4 heterocycles. The van der Waals surface area contributed by atoms with Crippen LogP contribution in [-0.2, 0) is 17.9 Å². The van der Waals surface area contributed by atoms with Crippen molar-refractivity contribution in [1.29, 1.82) is 0 Å². The topological polar surface area (TPSA) is 103 Å². The number of rotatable bonds is 6. The number of aliphatic hydroxyl groups is 1. The molecule has 0 fully saturated rings. The molecule has 0 saturated carbocycles. The van der Waals surface area contributed by atoms with Gasteiger partial charge < -0.3 is 19.7 Å². The highest BCUT2D eigenvalue weighted by molar-refractivity contribution is 6.33. The molecule has 4 aromatic rings. The van der Waals surface area contributed by atoms with Gasteiger partial charge in [0.15, 0.2) is 5.82 Å². The van der Waals surface area contributed by atoms with E-state index in [1.807, 2.05) is 42.2 Å². The smallest absolute Gasteiger partial charge is 0.223 e. The van der Waals surface area contributed by atoms with Gasteiger partial charge in [-0.2, -0.15) is 5.10 Å². The Bertz CT molecular complexity index is 1400. The molecular formula is C24H27ClFN7O2. The molecule has 184 valence electrons. The van der Waals surface area contributed by atoms with E-state index in [-0.39, 0.29) is 12.0 Å². The van der Waals surface area contributed by atoms with Crippen LogP contribution < -0.4 is 5.32 Å². The van der Waals surface area contributed by atoms with Gasteiger partial charge in [-0.25, -0.2) is 19.3 Å². The van der Waals surface area contributed by atoms with Crippen LogP contribution in [0.3, 0.4) is 0 Å². The Balaban J connectivity index is 1.53. The van der Waals surface area contributed by atoms with Crippen molar-refractivity contribution in [2.24, 2.45) is 0 Å². The molecule has 1 aliphatic heterocycles. The van der Waals surface area contributed by atoms with Crippen LogP contribution in [0.1, 0.15) is 49.6 Å². The third-order valence-electron chi connectivity index (χ3n) is 6.24. The lowest BCUT2D eigenvalue weighted by molar-refractivity contribution is 0.116. The number of anilines is 1. The Hall–Kier alpha value is -3.08. The van der Waals surface area contributed by atoms with Gasteiger partial charge in [-0.3, -0.25) is 4.68 Å². The highest BCUT2D eigenvalue weighted by Crippen LogP contribution is 2.34. The Kier molecular flexibility index (Phi) is 6.20. The molecule has 1 aromatic carbocycles. The van der Waals surface area contributed by atoms with Crippen LogP contribution in [-0.4, -0.2) is 47.6 Å². The Morgan fingerprint density at radius 3 is 2.83 bits per heavy atom. The number of nitrogens with zero attached hydrogens (tertiary/aromatic N) is 6. The average molecular weight is 500 g/mol. The van der Waals surface area contributed by atoms with Crippen LogP contribution in [0.15, 0.2) is 24.4 Å². The number of aliphatic hydroxyl groups excluding tert-OH is 1. The summed E-state index contributed by atoms with van der Waals surface area (Å²) in [6, 6.07) is 4.77. The third kappa shape index (κ3) is 4.26. The number of aryl methyl sites for hydroxylation is 2. The fourth-order valence-electron chi connectivity index (χ4n) is 4.76. The highest BCUT2D eigenvalue weighted by atomic mass is 35.5. The number of halogens is 2. The molecule has 0 saturated heterocycles. The van der Waals surface area contributed by atoms with E-state index in [1.165, 1.54) is 12.3 Å². The van der Waals surface area contributed by atoms with Gasteiger partial charge in [0.25, 0.3) is 0 Å². The number of methoxy groups -OCH3 is 1. The van der Waals surface area contributed by atoms with Gasteiger partial charge in [0.05, 0.1) is 52.6 Å². The minimum atomic E-state index is -0.658. The molecule has 0 radical (unpaired) electrons. The van der Waals surface area contributed by atoms with Crippen LogP contribution in [0, 0.1) is 12.7 Å². The zero-order valence-corrected chi connectivity index (χ0v) is 20.7. The molecule has 3 aromatic heterocycles. The normalized spacial score (nSPS) is 17.8. The van der Waals surface area contributed by atoms with Crippen LogP contribution in [0.25, 0.3) is 22.3 Å². The van der Waals surface area contributed by atoms with Crippen molar-refractivity contribution in [3.8, 4) is 11.3 Å². The number of aromatic nitrogens is 6. The number of ether oxygens (including phenoxy) is 1. The van der Waals surface area contributed by atoms with Gasteiger partial charge in [0.1, 0.15) is 11.3 Å². The standard InChI is InChI=1S/C24H27ClFN7O2/c1-12(2)33-13(3)28-22-17(26)7-14(8-19(22)33)21-16(25)10-27-24(29-21)30-23-18-9-15(11-35-4)31-32(18)6-5-20(23)34/h7-10,12,20,23,34H,5-6,11H2,1-4H3,(H,27,29,30)/t20-,23-/m1/s1. The number of fused-ring (bicyclic) bond motifs is 2. The molecule has 11 heteroatoms. The minimum absolute atomic E-state index is 0.105. The van der Waals surface area contributed by atoms with Gasteiger partial charge in [-0.15, -0.1) is 0 Å². The predicted molar refractivity (Wildman–Crippen MR) is 131 cm³/mol. The van der Waals surface area contributed by atoms with Gasteiger partial charge in [0.2, 0.25) is 5.95 Å². The monoisotopic (exact) mass is 499 g/mol. The summed E-state index contributed by atoms with van der Waals surface area (Å²) in [6.45, 7) is 6.89. The quantitative estimate of drug-likeness (QED) is 0.404. The summed E-state index contributed by atoms with van der Waals surface area (Å²) in [4.78, 5) is 13.3. The zero-order chi connectivity index (χ0) is 24.9.